The summed E-state index contributed by atoms with van der Waals surface area (Å²) >= 11 is 0. The predicted molar refractivity (Wildman–Crippen MR) is 195 cm³/mol. The zero-order valence-electron chi connectivity index (χ0n) is 28.3. The molecule has 10 heteroatoms. The van der Waals surface area contributed by atoms with E-state index in [0.29, 0.717) is 18.7 Å². The highest BCUT2D eigenvalue weighted by Crippen LogP contribution is 2.35. The number of carbonyl (C=O) groups excluding carboxylic acids is 4. The second-order valence-electron chi connectivity index (χ2n) is 12.2. The maximum absolute atomic E-state index is 13.5. The summed E-state index contributed by atoms with van der Waals surface area (Å²) in [6, 6.07) is 20.3. The second-order valence-corrected chi connectivity index (χ2v) is 12.2. The van der Waals surface area contributed by atoms with Crippen molar-refractivity contribution in [2.45, 2.75) is 51.6 Å². The fraction of sp³-hybridized carbons (Fsp3) is 0.300. The molecule has 10 nitrogen and oxygen atoms in total. The Morgan fingerprint density at radius 1 is 0.640 bits per heavy atom. The molecule has 0 saturated carbocycles. The second kappa shape index (κ2) is 16.7. The van der Waals surface area contributed by atoms with Crippen LogP contribution < -0.4 is 21.3 Å². The van der Waals surface area contributed by atoms with Gasteiger partial charge in [-0.1, -0.05) is 87.1 Å². The number of benzene rings is 5. The van der Waals surface area contributed by atoms with Crippen LogP contribution in [-0.2, 0) is 9.59 Å². The molecule has 0 radical (unpaired) electrons. The van der Waals surface area contributed by atoms with Crippen molar-refractivity contribution in [1.82, 2.24) is 21.3 Å². The first-order valence-corrected chi connectivity index (χ1v) is 17.0. The third-order valence-corrected chi connectivity index (χ3v) is 8.60. The van der Waals surface area contributed by atoms with Crippen LogP contribution in [0.1, 0.15) is 71.4 Å². The van der Waals surface area contributed by atoms with E-state index >= 15 is 0 Å². The summed E-state index contributed by atoms with van der Waals surface area (Å²) in [6.45, 7) is 3.50. The van der Waals surface area contributed by atoms with Crippen LogP contribution in [0.15, 0.2) is 72.8 Å². The number of hydrogen-bond donors (Lipinski definition) is 6. The first-order valence-electron chi connectivity index (χ1n) is 17.0. The highest BCUT2D eigenvalue weighted by Gasteiger charge is 2.24. The molecule has 0 heterocycles. The van der Waals surface area contributed by atoms with Crippen LogP contribution in [0.2, 0.25) is 0 Å². The molecule has 0 aliphatic rings. The maximum Gasteiger partial charge on any atom is 0.252 e. The standard InChI is InChI=1S/C40H42N4O6/c1-3-5-18-41-39(49)33(23-45)43-37(47)30-20-25(21-31(22-30)38(48)44-34(24-46)40(50)42-19-6-4-2)10-11-26-12-13-29-15-14-27-8-7-9-28-16-17-32(26)36(29)35(27)28/h7-9,12-17,20-22,33-34,45-46H,3-6,18-19,23-24H2,1-2H3,(H,41,49)(H,42,50)(H,43,47)(H,44,48). The van der Waals surface area contributed by atoms with Gasteiger partial charge in [0.1, 0.15) is 12.1 Å². The Hall–Kier alpha value is -5.50. The summed E-state index contributed by atoms with van der Waals surface area (Å²) in [6.07, 6.45) is 3.21. The lowest BCUT2D eigenvalue weighted by Crippen LogP contribution is -2.49. The first kappa shape index (κ1) is 35.8. The van der Waals surface area contributed by atoms with Crippen LogP contribution in [-0.4, -0.2) is 72.2 Å². The van der Waals surface area contributed by atoms with Crippen LogP contribution in [0, 0.1) is 11.8 Å². The minimum absolute atomic E-state index is 0.0186. The topological polar surface area (TPSA) is 157 Å². The molecule has 50 heavy (non-hydrogen) atoms. The third-order valence-electron chi connectivity index (χ3n) is 8.60. The van der Waals surface area contributed by atoms with Gasteiger partial charge in [-0.3, -0.25) is 19.2 Å². The molecule has 0 saturated heterocycles. The average molecular weight is 675 g/mol. The smallest absolute Gasteiger partial charge is 0.252 e. The van der Waals surface area contributed by atoms with Gasteiger partial charge in [-0.05, 0) is 69.4 Å². The fourth-order valence-electron chi connectivity index (χ4n) is 5.84. The molecule has 2 unspecified atom stereocenters. The number of hydrogen-bond acceptors (Lipinski definition) is 6. The lowest BCUT2D eigenvalue weighted by atomic mass is 9.92. The van der Waals surface area contributed by atoms with Gasteiger partial charge in [0.2, 0.25) is 11.8 Å². The van der Waals surface area contributed by atoms with Crippen molar-refractivity contribution in [1.29, 1.82) is 0 Å². The monoisotopic (exact) mass is 674 g/mol. The lowest BCUT2D eigenvalue weighted by molar-refractivity contribution is -0.124. The van der Waals surface area contributed by atoms with Crippen LogP contribution in [0.4, 0.5) is 0 Å². The largest absolute Gasteiger partial charge is 0.394 e. The number of rotatable bonds is 14. The molecule has 0 aromatic heterocycles. The highest BCUT2D eigenvalue weighted by atomic mass is 16.3. The van der Waals surface area contributed by atoms with Crippen LogP contribution in [0.25, 0.3) is 32.3 Å². The summed E-state index contributed by atoms with van der Waals surface area (Å²) < 4.78 is 0. The Bertz CT molecular complexity index is 2000. The average Bonchev–Trinajstić information content (AvgIpc) is 3.14. The molecular formula is C40H42N4O6. The van der Waals surface area contributed by atoms with Gasteiger partial charge >= 0.3 is 0 Å². The minimum atomic E-state index is -1.21. The first-order chi connectivity index (χ1) is 24.3. The highest BCUT2D eigenvalue weighted by molar-refractivity contribution is 6.23. The van der Waals surface area contributed by atoms with Crippen LogP contribution >= 0.6 is 0 Å². The molecule has 0 aliphatic heterocycles. The maximum atomic E-state index is 13.5. The fourth-order valence-corrected chi connectivity index (χ4v) is 5.84. The normalized spacial score (nSPS) is 12.2. The van der Waals surface area contributed by atoms with Crippen molar-refractivity contribution in [2.24, 2.45) is 0 Å². The lowest BCUT2D eigenvalue weighted by Gasteiger charge is -2.18. The summed E-state index contributed by atoms with van der Waals surface area (Å²) in [7, 11) is 0. The number of nitrogens with one attached hydrogen (secondary N) is 4. The minimum Gasteiger partial charge on any atom is -0.394 e. The van der Waals surface area contributed by atoms with E-state index in [1.807, 2.05) is 38.1 Å². The van der Waals surface area contributed by atoms with Crippen molar-refractivity contribution in [3.8, 4) is 11.8 Å². The van der Waals surface area contributed by atoms with Gasteiger partial charge < -0.3 is 31.5 Å². The van der Waals surface area contributed by atoms with Crippen molar-refractivity contribution < 1.29 is 29.4 Å². The Labute approximate surface area is 291 Å². The van der Waals surface area contributed by atoms with E-state index in [-0.39, 0.29) is 11.1 Å². The molecule has 5 aromatic rings. The van der Waals surface area contributed by atoms with Gasteiger partial charge in [-0.2, -0.15) is 0 Å². The summed E-state index contributed by atoms with van der Waals surface area (Å²) in [5.74, 6) is 3.86. The number of aliphatic hydroxyl groups is 2. The van der Waals surface area contributed by atoms with Crippen molar-refractivity contribution in [3.05, 3.63) is 95.1 Å². The molecule has 6 N–H and O–H groups in total. The summed E-state index contributed by atoms with van der Waals surface area (Å²) in [4.78, 5) is 52.2. The Morgan fingerprint density at radius 2 is 1.14 bits per heavy atom. The molecule has 0 bridgehead atoms. The van der Waals surface area contributed by atoms with E-state index in [0.717, 1.165) is 63.6 Å². The van der Waals surface area contributed by atoms with E-state index in [4.69, 9.17) is 0 Å². The molecule has 5 aromatic carbocycles. The molecule has 2 atom stereocenters. The summed E-state index contributed by atoms with van der Waals surface area (Å²) in [5, 5.41) is 36.8. The third kappa shape index (κ3) is 8.20. The molecule has 0 spiro atoms. The van der Waals surface area contributed by atoms with E-state index < -0.39 is 48.9 Å². The zero-order chi connectivity index (χ0) is 35.6. The Kier molecular flexibility index (Phi) is 12.0. The van der Waals surface area contributed by atoms with Gasteiger partial charge in [-0.15, -0.1) is 0 Å². The van der Waals surface area contributed by atoms with E-state index in [9.17, 15) is 29.4 Å². The number of carbonyl (C=O) groups is 4. The van der Waals surface area contributed by atoms with Crippen LogP contribution in [0.3, 0.4) is 0 Å². The molecule has 0 fully saturated rings. The SMILES string of the molecule is CCCCNC(=O)C(CO)NC(=O)c1cc(C#Cc2ccc3ccc4cccc5ccc2c3c45)cc(C(=O)NC(CO)C(=O)NCCCC)c1. The molecule has 258 valence electrons. The van der Waals surface area contributed by atoms with E-state index in [1.165, 1.54) is 18.2 Å². The van der Waals surface area contributed by atoms with Crippen molar-refractivity contribution in [2.75, 3.05) is 26.3 Å². The zero-order valence-corrected chi connectivity index (χ0v) is 28.3. The Morgan fingerprint density at radius 3 is 1.66 bits per heavy atom. The van der Waals surface area contributed by atoms with Gasteiger partial charge in [-0.25, -0.2) is 0 Å². The van der Waals surface area contributed by atoms with Gasteiger partial charge in [0.15, 0.2) is 0 Å². The molecular weight excluding hydrogens is 632 g/mol. The Balaban J connectivity index is 1.50. The summed E-state index contributed by atoms with van der Waals surface area (Å²) in [5.41, 5.74) is 1.12. The van der Waals surface area contributed by atoms with Crippen molar-refractivity contribution >= 4 is 55.9 Å². The van der Waals surface area contributed by atoms with Gasteiger partial charge in [0.25, 0.3) is 11.8 Å². The van der Waals surface area contributed by atoms with Crippen LogP contribution in [0.5, 0.6) is 0 Å². The number of aliphatic hydroxyl groups excluding tert-OH is 2. The number of amides is 4. The molecule has 5 rings (SSSR count). The van der Waals surface area contributed by atoms with Crippen molar-refractivity contribution in [3.63, 3.8) is 0 Å². The van der Waals surface area contributed by atoms with Gasteiger partial charge in [0, 0.05) is 35.3 Å². The van der Waals surface area contributed by atoms with E-state index in [2.05, 4.69) is 63.4 Å². The van der Waals surface area contributed by atoms with Gasteiger partial charge in [0.05, 0.1) is 13.2 Å². The predicted octanol–water partition coefficient (Wildman–Crippen LogP) is 4.00. The quantitative estimate of drug-likeness (QED) is 0.0594. The molecule has 4 amide bonds. The molecule has 0 aliphatic carbocycles. The number of unbranched alkanes of at least 4 members (excludes halogenated alkanes) is 2. The van der Waals surface area contributed by atoms with E-state index in [1.54, 1.807) is 0 Å².